The predicted molar refractivity (Wildman–Crippen MR) is 91.4 cm³/mol. The first-order valence-corrected chi connectivity index (χ1v) is 7.80. The Labute approximate surface area is 140 Å². The quantitative estimate of drug-likeness (QED) is 0.867. The third-order valence-corrected chi connectivity index (χ3v) is 4.27. The predicted octanol–water partition coefficient (Wildman–Crippen LogP) is 2.94. The van der Waals surface area contributed by atoms with E-state index in [1.807, 2.05) is 30.3 Å². The summed E-state index contributed by atoms with van der Waals surface area (Å²) in [5, 5.41) is 9.44. The van der Waals surface area contributed by atoms with Crippen LogP contribution in [0.1, 0.15) is 5.69 Å². The average molecular weight is 329 g/mol. The molecule has 1 aliphatic heterocycles. The van der Waals surface area contributed by atoms with Crippen LogP contribution >= 0.6 is 11.6 Å². The number of hydrogen-bond donors (Lipinski definition) is 0. The van der Waals surface area contributed by atoms with Gasteiger partial charge in [0.25, 0.3) is 0 Å². The summed E-state index contributed by atoms with van der Waals surface area (Å²) in [5.74, 6) is 1.68. The lowest BCUT2D eigenvalue weighted by atomic mass is 10.2. The average Bonchev–Trinajstić information content (AvgIpc) is 2.62. The second kappa shape index (κ2) is 6.76. The van der Waals surface area contributed by atoms with E-state index in [9.17, 15) is 0 Å². The van der Waals surface area contributed by atoms with Gasteiger partial charge in [0, 0.05) is 26.2 Å². The second-order valence-corrected chi connectivity index (χ2v) is 5.66. The third kappa shape index (κ3) is 3.17. The molecule has 0 spiro atoms. The molecule has 0 unspecified atom stereocenters. The van der Waals surface area contributed by atoms with E-state index in [2.05, 4.69) is 20.9 Å². The Morgan fingerprint density at radius 2 is 1.78 bits per heavy atom. The van der Waals surface area contributed by atoms with Gasteiger partial charge in [-0.15, -0.1) is 0 Å². The molecule has 3 rings (SSSR count). The zero-order chi connectivity index (χ0) is 16.2. The van der Waals surface area contributed by atoms with Gasteiger partial charge >= 0.3 is 0 Å². The molecule has 0 bridgehead atoms. The molecule has 6 heteroatoms. The van der Waals surface area contributed by atoms with Gasteiger partial charge in [-0.1, -0.05) is 23.7 Å². The summed E-state index contributed by atoms with van der Waals surface area (Å²) in [4.78, 5) is 8.81. The van der Waals surface area contributed by atoms with Crippen molar-refractivity contribution in [3.8, 4) is 11.8 Å². The van der Waals surface area contributed by atoms with Crippen molar-refractivity contribution in [1.29, 1.82) is 5.26 Å². The molecule has 118 valence electrons. The summed E-state index contributed by atoms with van der Waals surface area (Å²) in [5.41, 5.74) is 1.38. The van der Waals surface area contributed by atoms with Gasteiger partial charge in [0.05, 0.1) is 17.8 Å². The number of nitriles is 1. The molecular weight excluding hydrogens is 312 g/mol. The molecule has 23 heavy (non-hydrogen) atoms. The van der Waals surface area contributed by atoms with Gasteiger partial charge in [-0.05, 0) is 24.3 Å². The molecule has 0 N–H and O–H groups in total. The van der Waals surface area contributed by atoms with E-state index in [1.165, 1.54) is 0 Å². The monoisotopic (exact) mass is 328 g/mol. The number of para-hydroxylation sites is 2. The highest BCUT2D eigenvalue weighted by Gasteiger charge is 2.20. The Morgan fingerprint density at radius 1 is 1.09 bits per heavy atom. The van der Waals surface area contributed by atoms with Crippen molar-refractivity contribution in [3.63, 3.8) is 0 Å². The van der Waals surface area contributed by atoms with Crippen LogP contribution in [0.15, 0.2) is 36.4 Å². The topological polar surface area (TPSA) is 52.4 Å². The fourth-order valence-corrected chi connectivity index (χ4v) is 2.90. The van der Waals surface area contributed by atoms with Gasteiger partial charge < -0.3 is 14.5 Å². The number of aromatic nitrogens is 1. The molecule has 1 aliphatic rings. The molecular formula is C17H17ClN4O. The zero-order valence-corrected chi connectivity index (χ0v) is 13.6. The number of hydrogen-bond acceptors (Lipinski definition) is 5. The van der Waals surface area contributed by atoms with E-state index in [1.54, 1.807) is 13.2 Å². The maximum Gasteiger partial charge on any atom is 0.161 e. The van der Waals surface area contributed by atoms with E-state index >= 15 is 0 Å². The van der Waals surface area contributed by atoms with Gasteiger partial charge in [0.15, 0.2) is 5.69 Å². The van der Waals surface area contributed by atoms with Crippen molar-refractivity contribution >= 4 is 23.1 Å². The number of nitrogens with zero attached hydrogens (tertiary/aromatic N) is 4. The normalized spacial score (nSPS) is 14.5. The van der Waals surface area contributed by atoms with Crippen molar-refractivity contribution in [2.45, 2.75) is 0 Å². The van der Waals surface area contributed by atoms with Crippen molar-refractivity contribution in [3.05, 3.63) is 47.1 Å². The van der Waals surface area contributed by atoms with E-state index in [-0.39, 0.29) is 5.69 Å². The van der Waals surface area contributed by atoms with Crippen LogP contribution in [0.25, 0.3) is 0 Å². The molecule has 5 nitrogen and oxygen atoms in total. The lowest BCUT2D eigenvalue weighted by Crippen LogP contribution is -2.47. The maximum absolute atomic E-state index is 9.05. The molecule has 0 atom stereocenters. The minimum atomic E-state index is 0.274. The Balaban J connectivity index is 1.73. The van der Waals surface area contributed by atoms with Gasteiger partial charge in [0.2, 0.25) is 0 Å². The van der Waals surface area contributed by atoms with Gasteiger partial charge in [-0.25, -0.2) is 4.98 Å². The van der Waals surface area contributed by atoms with Gasteiger partial charge in [-0.3, -0.25) is 0 Å². The molecule has 0 aliphatic carbocycles. The van der Waals surface area contributed by atoms with Crippen LogP contribution in [0.2, 0.25) is 5.02 Å². The van der Waals surface area contributed by atoms with Crippen LogP contribution in [-0.2, 0) is 0 Å². The number of pyridine rings is 1. The molecule has 0 saturated carbocycles. The smallest absolute Gasteiger partial charge is 0.161 e. The minimum absolute atomic E-state index is 0.274. The molecule has 2 heterocycles. The number of ether oxygens (including phenoxy) is 1. The van der Waals surface area contributed by atoms with Crippen LogP contribution in [0.4, 0.5) is 11.5 Å². The Morgan fingerprint density at radius 3 is 2.48 bits per heavy atom. The summed E-state index contributed by atoms with van der Waals surface area (Å²) >= 11 is 5.95. The largest absolute Gasteiger partial charge is 0.495 e. The van der Waals surface area contributed by atoms with Crippen molar-refractivity contribution in [1.82, 2.24) is 4.98 Å². The molecule has 0 radical (unpaired) electrons. The summed E-state index contributed by atoms with van der Waals surface area (Å²) in [7, 11) is 1.69. The first-order chi connectivity index (χ1) is 11.2. The first-order valence-electron chi connectivity index (χ1n) is 7.42. The fourth-order valence-electron chi connectivity index (χ4n) is 2.75. The van der Waals surface area contributed by atoms with Crippen molar-refractivity contribution in [2.24, 2.45) is 0 Å². The van der Waals surface area contributed by atoms with Gasteiger partial charge in [0.1, 0.15) is 17.6 Å². The van der Waals surface area contributed by atoms with E-state index < -0.39 is 0 Å². The Kier molecular flexibility index (Phi) is 4.54. The SMILES string of the molecule is COc1ccccc1N1CCN(c2ccc(Cl)c(C#N)n2)CC1. The Bertz CT molecular complexity index is 736. The lowest BCUT2D eigenvalue weighted by Gasteiger charge is -2.37. The molecule has 0 amide bonds. The minimum Gasteiger partial charge on any atom is -0.495 e. The molecule has 2 aromatic rings. The van der Waals surface area contributed by atoms with Crippen LogP contribution in [0.3, 0.4) is 0 Å². The van der Waals surface area contributed by atoms with Crippen LogP contribution in [0, 0.1) is 11.3 Å². The standard InChI is InChI=1S/C17H17ClN4O/c1-23-16-5-3-2-4-15(16)21-8-10-22(11-9-21)17-7-6-13(18)14(12-19)20-17/h2-7H,8-11H2,1H3. The highest BCUT2D eigenvalue weighted by atomic mass is 35.5. The zero-order valence-electron chi connectivity index (χ0n) is 12.9. The van der Waals surface area contributed by atoms with Crippen LogP contribution in [0.5, 0.6) is 5.75 Å². The number of anilines is 2. The summed E-state index contributed by atoms with van der Waals surface area (Å²) in [6.45, 7) is 3.40. The number of benzene rings is 1. The third-order valence-electron chi connectivity index (χ3n) is 3.97. The first kappa shape index (κ1) is 15.4. The van der Waals surface area contributed by atoms with E-state index in [4.69, 9.17) is 21.6 Å². The van der Waals surface area contributed by atoms with E-state index in [0.717, 1.165) is 43.4 Å². The number of methoxy groups -OCH3 is 1. The highest BCUT2D eigenvalue weighted by molar-refractivity contribution is 6.31. The highest BCUT2D eigenvalue weighted by Crippen LogP contribution is 2.29. The number of halogens is 1. The fraction of sp³-hybridized carbons (Fsp3) is 0.294. The van der Waals surface area contributed by atoms with Crippen molar-refractivity contribution in [2.75, 3.05) is 43.1 Å². The number of rotatable bonds is 3. The number of piperazine rings is 1. The lowest BCUT2D eigenvalue weighted by molar-refractivity contribution is 0.413. The molecule has 1 fully saturated rings. The maximum atomic E-state index is 9.05. The van der Waals surface area contributed by atoms with Gasteiger partial charge in [-0.2, -0.15) is 5.26 Å². The second-order valence-electron chi connectivity index (χ2n) is 5.26. The molecule has 1 aromatic carbocycles. The van der Waals surface area contributed by atoms with Crippen LogP contribution in [-0.4, -0.2) is 38.3 Å². The van der Waals surface area contributed by atoms with Crippen molar-refractivity contribution < 1.29 is 4.74 Å². The van der Waals surface area contributed by atoms with Crippen LogP contribution < -0.4 is 14.5 Å². The Hall–Kier alpha value is -2.45. The van der Waals surface area contributed by atoms with E-state index in [0.29, 0.717) is 5.02 Å². The molecule has 1 aromatic heterocycles. The summed E-state index contributed by atoms with van der Waals surface area (Å²) in [6, 6.07) is 13.7. The summed E-state index contributed by atoms with van der Waals surface area (Å²) in [6.07, 6.45) is 0. The molecule has 1 saturated heterocycles. The summed E-state index contributed by atoms with van der Waals surface area (Å²) < 4.78 is 5.44.